The second kappa shape index (κ2) is 8.24. The van der Waals surface area contributed by atoms with Crippen molar-refractivity contribution in [1.29, 1.82) is 0 Å². The molecule has 0 N–H and O–H groups in total. The molecule has 0 heterocycles. The molecule has 18 heavy (non-hydrogen) atoms. The summed E-state index contributed by atoms with van der Waals surface area (Å²) in [6, 6.07) is 9.25. The molecule has 0 nitrogen and oxygen atoms in total. The normalized spacial score (nSPS) is 11.8. The summed E-state index contributed by atoms with van der Waals surface area (Å²) in [6.45, 7) is 9.37. The van der Waals surface area contributed by atoms with E-state index in [1.54, 1.807) is 18.9 Å². The molecule has 0 saturated carbocycles. The molecule has 0 aromatic heterocycles. The SMILES string of the molecule is CC[CH2][Sn]([CH2]CC)([CH2]CC)[CH2]c1cccc(C)c1. The van der Waals surface area contributed by atoms with E-state index in [1.807, 2.05) is 0 Å². The molecule has 0 unspecified atom stereocenters. The maximum absolute atomic E-state index is 2.42. The van der Waals surface area contributed by atoms with E-state index in [9.17, 15) is 0 Å². The quantitative estimate of drug-likeness (QED) is 0.522. The van der Waals surface area contributed by atoms with Crippen molar-refractivity contribution in [3.63, 3.8) is 0 Å². The van der Waals surface area contributed by atoms with Crippen LogP contribution in [0.25, 0.3) is 0 Å². The number of benzene rings is 1. The molecule has 0 amide bonds. The van der Waals surface area contributed by atoms with Crippen molar-refractivity contribution in [3.8, 4) is 0 Å². The molecule has 0 saturated heterocycles. The van der Waals surface area contributed by atoms with Crippen molar-refractivity contribution < 1.29 is 0 Å². The summed E-state index contributed by atoms with van der Waals surface area (Å²) in [6.07, 6.45) is 4.21. The van der Waals surface area contributed by atoms with E-state index in [4.69, 9.17) is 0 Å². The van der Waals surface area contributed by atoms with Crippen LogP contribution in [0.3, 0.4) is 0 Å². The number of hydrogen-bond donors (Lipinski definition) is 0. The molecular formula is C17H30Sn. The van der Waals surface area contributed by atoms with E-state index in [-0.39, 0.29) is 0 Å². The van der Waals surface area contributed by atoms with Gasteiger partial charge in [0.1, 0.15) is 0 Å². The van der Waals surface area contributed by atoms with Gasteiger partial charge in [0.2, 0.25) is 0 Å². The van der Waals surface area contributed by atoms with Gasteiger partial charge >= 0.3 is 118 Å². The second-order valence-electron chi connectivity index (χ2n) is 5.92. The molecule has 1 aromatic rings. The second-order valence-corrected chi connectivity index (χ2v) is 19.8. The Morgan fingerprint density at radius 3 is 1.89 bits per heavy atom. The number of aryl methyl sites for hydroxylation is 1. The Kier molecular flexibility index (Phi) is 7.36. The molecule has 0 fully saturated rings. The van der Waals surface area contributed by atoms with Crippen molar-refractivity contribution in [3.05, 3.63) is 35.4 Å². The third-order valence-electron chi connectivity index (χ3n) is 4.00. The zero-order valence-corrected chi connectivity index (χ0v) is 15.6. The molecule has 0 aliphatic rings. The molecule has 0 radical (unpaired) electrons. The summed E-state index contributed by atoms with van der Waals surface area (Å²) in [5.74, 6) is 0. The van der Waals surface area contributed by atoms with Crippen LogP contribution in [0.4, 0.5) is 0 Å². The van der Waals surface area contributed by atoms with Crippen molar-refractivity contribution in [2.45, 2.75) is 64.7 Å². The molecule has 0 spiro atoms. The van der Waals surface area contributed by atoms with Crippen LogP contribution in [0.5, 0.6) is 0 Å². The fourth-order valence-electron chi connectivity index (χ4n) is 3.49. The minimum atomic E-state index is -1.88. The molecular weight excluding hydrogens is 323 g/mol. The fraction of sp³-hybridized carbons (Fsp3) is 0.647. The van der Waals surface area contributed by atoms with Crippen LogP contribution in [-0.2, 0) is 4.44 Å². The van der Waals surface area contributed by atoms with Gasteiger partial charge in [-0.1, -0.05) is 0 Å². The standard InChI is InChI=1S/C8H9.3C3H7.Sn/c1-7-4-3-5-8(2)6-7;3*1-3-2;/h3-6H,1H2,2H3;3*1,3H2,2H3;. The van der Waals surface area contributed by atoms with Gasteiger partial charge in [0.25, 0.3) is 0 Å². The van der Waals surface area contributed by atoms with Gasteiger partial charge < -0.3 is 0 Å². The summed E-state index contributed by atoms with van der Waals surface area (Å²) in [5.41, 5.74) is 3.05. The Bertz CT molecular complexity index is 326. The summed E-state index contributed by atoms with van der Waals surface area (Å²) in [4.78, 5) is 0. The summed E-state index contributed by atoms with van der Waals surface area (Å²) in [7, 11) is 0. The first-order valence-electron chi connectivity index (χ1n) is 7.71. The monoisotopic (exact) mass is 354 g/mol. The topological polar surface area (TPSA) is 0 Å². The Morgan fingerprint density at radius 1 is 0.889 bits per heavy atom. The fourth-order valence-corrected chi connectivity index (χ4v) is 19.3. The predicted molar refractivity (Wildman–Crippen MR) is 85.9 cm³/mol. The maximum atomic E-state index is 2.42. The Balaban J connectivity index is 2.87. The average Bonchev–Trinajstić information content (AvgIpc) is 2.30. The van der Waals surface area contributed by atoms with E-state index in [0.717, 1.165) is 0 Å². The Morgan fingerprint density at radius 2 is 1.44 bits per heavy atom. The number of rotatable bonds is 8. The van der Waals surface area contributed by atoms with Gasteiger partial charge in [-0.15, -0.1) is 0 Å². The van der Waals surface area contributed by atoms with Gasteiger partial charge in [-0.05, 0) is 0 Å². The molecule has 0 aliphatic carbocycles. The Labute approximate surface area is 118 Å². The van der Waals surface area contributed by atoms with Crippen LogP contribution in [0.2, 0.25) is 13.3 Å². The first-order valence-corrected chi connectivity index (χ1v) is 15.8. The van der Waals surface area contributed by atoms with Gasteiger partial charge in [0.15, 0.2) is 0 Å². The minimum absolute atomic E-state index is 1.40. The molecule has 0 atom stereocenters. The number of hydrogen-bond acceptors (Lipinski definition) is 0. The molecule has 1 aromatic carbocycles. The van der Waals surface area contributed by atoms with Crippen molar-refractivity contribution in [2.75, 3.05) is 0 Å². The molecule has 0 aliphatic heterocycles. The van der Waals surface area contributed by atoms with Crippen LogP contribution in [-0.4, -0.2) is 18.4 Å². The zero-order valence-electron chi connectivity index (χ0n) is 12.8. The zero-order chi connectivity index (χ0) is 13.4. The first-order chi connectivity index (χ1) is 8.65. The third kappa shape index (κ3) is 4.95. The van der Waals surface area contributed by atoms with Crippen LogP contribution < -0.4 is 0 Å². The van der Waals surface area contributed by atoms with Crippen LogP contribution >= 0.6 is 0 Å². The summed E-state index contributed by atoms with van der Waals surface area (Å²) in [5, 5.41) is 0. The van der Waals surface area contributed by atoms with Gasteiger partial charge in [-0.2, -0.15) is 0 Å². The van der Waals surface area contributed by atoms with Crippen molar-refractivity contribution in [1.82, 2.24) is 0 Å². The van der Waals surface area contributed by atoms with Gasteiger partial charge in [-0.3, -0.25) is 0 Å². The average molecular weight is 353 g/mol. The summed E-state index contributed by atoms with van der Waals surface area (Å²) < 4.78 is 6.24. The third-order valence-corrected chi connectivity index (χ3v) is 20.7. The van der Waals surface area contributed by atoms with Gasteiger partial charge in [0, 0.05) is 0 Å². The Hall–Kier alpha value is 0.0187. The van der Waals surface area contributed by atoms with Crippen LogP contribution in [0.15, 0.2) is 24.3 Å². The van der Waals surface area contributed by atoms with E-state index in [1.165, 1.54) is 29.3 Å². The van der Waals surface area contributed by atoms with E-state index < -0.39 is 18.4 Å². The van der Waals surface area contributed by atoms with E-state index in [0.29, 0.717) is 0 Å². The first kappa shape index (κ1) is 16.1. The van der Waals surface area contributed by atoms with Crippen LogP contribution in [0.1, 0.15) is 51.2 Å². The van der Waals surface area contributed by atoms with Crippen molar-refractivity contribution in [2.24, 2.45) is 0 Å². The molecule has 102 valence electrons. The van der Waals surface area contributed by atoms with E-state index in [2.05, 4.69) is 52.0 Å². The van der Waals surface area contributed by atoms with Gasteiger partial charge in [-0.25, -0.2) is 0 Å². The molecule has 0 bridgehead atoms. The predicted octanol–water partition coefficient (Wildman–Crippen LogP) is 5.76. The summed E-state index contributed by atoms with van der Waals surface area (Å²) >= 11 is -1.88. The molecule has 1 heteroatoms. The van der Waals surface area contributed by atoms with Gasteiger partial charge in [0.05, 0.1) is 0 Å². The van der Waals surface area contributed by atoms with Crippen LogP contribution in [0, 0.1) is 6.92 Å². The molecule has 1 rings (SSSR count). The van der Waals surface area contributed by atoms with Crippen molar-refractivity contribution >= 4 is 18.4 Å². The van der Waals surface area contributed by atoms with E-state index >= 15 is 0 Å².